The first kappa shape index (κ1) is 18.7. The average molecular weight is 362 g/mol. The number of ether oxygens (including phenoxy) is 1. The third kappa shape index (κ3) is 4.36. The highest BCUT2D eigenvalue weighted by molar-refractivity contribution is 5.81. The molecule has 1 heterocycles. The zero-order valence-corrected chi connectivity index (χ0v) is 15.7. The molecule has 0 radical (unpaired) electrons. The summed E-state index contributed by atoms with van der Waals surface area (Å²) in [6.45, 7) is 5.59. The molecule has 138 valence electrons. The van der Waals surface area contributed by atoms with Gasteiger partial charge in [0.05, 0.1) is 18.7 Å². The maximum Gasteiger partial charge on any atom is 0.336 e. The topological polar surface area (TPSA) is 66.5 Å². The largest absolute Gasteiger partial charge is 0.497 e. The molecule has 0 aliphatic heterocycles. The fourth-order valence-electron chi connectivity index (χ4n) is 3.03. The van der Waals surface area contributed by atoms with Crippen LogP contribution in [0.25, 0.3) is 11.0 Å². The third-order valence-corrected chi connectivity index (χ3v) is 4.61. The quantitative estimate of drug-likeness (QED) is 0.618. The second-order valence-electron chi connectivity index (χ2n) is 6.76. The Morgan fingerprint density at radius 3 is 2.48 bits per heavy atom. The molecule has 0 amide bonds. The molecule has 27 heavy (non-hydrogen) atoms. The van der Waals surface area contributed by atoms with Crippen molar-refractivity contribution in [3.05, 3.63) is 75.6 Å². The summed E-state index contributed by atoms with van der Waals surface area (Å²) < 4.78 is 10.6. The summed E-state index contributed by atoms with van der Waals surface area (Å²) in [5.41, 5.74) is 2.85. The molecule has 5 heteroatoms. The van der Waals surface area contributed by atoms with E-state index in [4.69, 9.17) is 14.4 Å². The van der Waals surface area contributed by atoms with Crippen LogP contribution in [0.5, 0.6) is 5.75 Å². The molecule has 2 aromatic carbocycles. The fraction of sp³-hybridized carbons (Fsp3) is 0.273. The van der Waals surface area contributed by atoms with E-state index in [0.717, 1.165) is 23.1 Å². The van der Waals surface area contributed by atoms with Crippen molar-refractivity contribution in [3.8, 4) is 11.8 Å². The summed E-state index contributed by atoms with van der Waals surface area (Å²) in [6.07, 6.45) is 0. The summed E-state index contributed by atoms with van der Waals surface area (Å²) >= 11 is 0. The Kier molecular flexibility index (Phi) is 5.58. The molecule has 5 nitrogen and oxygen atoms in total. The number of hydrogen-bond acceptors (Lipinski definition) is 5. The van der Waals surface area contributed by atoms with Gasteiger partial charge >= 0.3 is 5.63 Å². The minimum atomic E-state index is -0.368. The maximum absolute atomic E-state index is 12.0. The van der Waals surface area contributed by atoms with Crippen LogP contribution in [-0.2, 0) is 13.1 Å². The average Bonchev–Trinajstić information content (AvgIpc) is 2.67. The van der Waals surface area contributed by atoms with E-state index in [1.807, 2.05) is 36.4 Å². The summed E-state index contributed by atoms with van der Waals surface area (Å²) in [4.78, 5) is 14.3. The van der Waals surface area contributed by atoms with Crippen LogP contribution >= 0.6 is 0 Å². The molecule has 0 N–H and O–H groups in total. The molecule has 0 atom stereocenters. The molecule has 0 saturated heterocycles. The summed E-state index contributed by atoms with van der Waals surface area (Å²) in [6, 6.07) is 17.1. The van der Waals surface area contributed by atoms with E-state index in [9.17, 15) is 4.79 Å². The van der Waals surface area contributed by atoms with Gasteiger partial charge in [0, 0.05) is 36.7 Å². The van der Waals surface area contributed by atoms with Crippen LogP contribution in [0.1, 0.15) is 30.5 Å². The zero-order chi connectivity index (χ0) is 19.4. The molecule has 3 rings (SSSR count). The minimum Gasteiger partial charge on any atom is -0.497 e. The van der Waals surface area contributed by atoms with Gasteiger partial charge in [-0.1, -0.05) is 12.1 Å². The molecule has 0 saturated carbocycles. The zero-order valence-electron chi connectivity index (χ0n) is 15.7. The van der Waals surface area contributed by atoms with Crippen LogP contribution in [-0.4, -0.2) is 18.1 Å². The Balaban J connectivity index is 1.92. The molecule has 0 spiro atoms. The highest BCUT2D eigenvalue weighted by Gasteiger charge is 2.15. The van der Waals surface area contributed by atoms with Crippen molar-refractivity contribution in [1.29, 1.82) is 5.26 Å². The molecular formula is C22H22N2O3. The molecule has 0 bridgehead atoms. The highest BCUT2D eigenvalue weighted by atomic mass is 16.5. The smallest absolute Gasteiger partial charge is 0.336 e. The van der Waals surface area contributed by atoms with Gasteiger partial charge in [-0.05, 0) is 49.2 Å². The number of benzene rings is 2. The van der Waals surface area contributed by atoms with Crippen molar-refractivity contribution in [2.24, 2.45) is 0 Å². The normalized spacial score (nSPS) is 11.1. The van der Waals surface area contributed by atoms with Gasteiger partial charge in [-0.3, -0.25) is 4.90 Å². The van der Waals surface area contributed by atoms with Crippen molar-refractivity contribution in [3.63, 3.8) is 0 Å². The SMILES string of the molecule is COc1ccc2c(CN(Cc3ccc(C#N)cc3)C(C)C)cc(=O)oc2c1. The first-order valence-electron chi connectivity index (χ1n) is 8.84. The summed E-state index contributed by atoms with van der Waals surface area (Å²) in [5, 5.41) is 9.85. The van der Waals surface area contributed by atoms with Crippen molar-refractivity contribution in [1.82, 2.24) is 4.90 Å². The monoisotopic (exact) mass is 362 g/mol. The Morgan fingerprint density at radius 2 is 1.85 bits per heavy atom. The van der Waals surface area contributed by atoms with E-state index in [1.54, 1.807) is 19.2 Å². The van der Waals surface area contributed by atoms with Gasteiger partial charge in [-0.15, -0.1) is 0 Å². The molecule has 0 aliphatic rings. The van der Waals surface area contributed by atoms with Gasteiger partial charge in [0.2, 0.25) is 0 Å². The molecule has 0 unspecified atom stereocenters. The van der Waals surface area contributed by atoms with Crippen LogP contribution in [0, 0.1) is 11.3 Å². The van der Waals surface area contributed by atoms with Gasteiger partial charge in [0.1, 0.15) is 11.3 Å². The van der Waals surface area contributed by atoms with Crippen molar-refractivity contribution >= 4 is 11.0 Å². The predicted molar refractivity (Wildman–Crippen MR) is 105 cm³/mol. The highest BCUT2D eigenvalue weighted by Crippen LogP contribution is 2.24. The minimum absolute atomic E-state index is 0.279. The summed E-state index contributed by atoms with van der Waals surface area (Å²) in [7, 11) is 1.58. The lowest BCUT2D eigenvalue weighted by atomic mass is 10.1. The summed E-state index contributed by atoms with van der Waals surface area (Å²) in [5.74, 6) is 0.654. The second-order valence-corrected chi connectivity index (χ2v) is 6.76. The van der Waals surface area contributed by atoms with Crippen molar-refractivity contribution in [2.45, 2.75) is 33.0 Å². The number of nitrogens with zero attached hydrogens (tertiary/aromatic N) is 2. The lowest BCUT2D eigenvalue weighted by Crippen LogP contribution is -2.30. The van der Waals surface area contributed by atoms with Crippen LogP contribution in [0.3, 0.4) is 0 Å². The Bertz CT molecular complexity index is 1030. The Labute approximate surface area is 158 Å². The first-order chi connectivity index (χ1) is 13.0. The van der Waals surface area contributed by atoms with Gasteiger partial charge in [0.15, 0.2) is 0 Å². The molecule has 1 aromatic heterocycles. The van der Waals surface area contributed by atoms with Crippen LogP contribution < -0.4 is 10.4 Å². The molecular weight excluding hydrogens is 340 g/mol. The first-order valence-corrected chi connectivity index (χ1v) is 8.84. The Hall–Kier alpha value is -3.10. The van der Waals surface area contributed by atoms with Gasteiger partial charge < -0.3 is 9.15 Å². The van der Waals surface area contributed by atoms with E-state index in [1.165, 1.54) is 0 Å². The number of nitriles is 1. The van der Waals surface area contributed by atoms with E-state index in [2.05, 4.69) is 24.8 Å². The van der Waals surface area contributed by atoms with E-state index >= 15 is 0 Å². The van der Waals surface area contributed by atoms with Crippen LogP contribution in [0.4, 0.5) is 0 Å². The maximum atomic E-state index is 12.0. The molecule has 0 aliphatic carbocycles. The standard InChI is InChI=1S/C22H22N2O3/c1-15(2)24(13-17-6-4-16(12-23)5-7-17)14-18-10-22(25)27-21-11-19(26-3)8-9-20(18)21/h4-11,15H,13-14H2,1-3H3. The van der Waals surface area contributed by atoms with E-state index in [-0.39, 0.29) is 11.7 Å². The number of hydrogen-bond donors (Lipinski definition) is 0. The lowest BCUT2D eigenvalue weighted by molar-refractivity contribution is 0.204. The van der Waals surface area contributed by atoms with Crippen LogP contribution in [0.15, 0.2) is 57.7 Å². The number of methoxy groups -OCH3 is 1. The lowest BCUT2D eigenvalue weighted by Gasteiger charge is -2.27. The Morgan fingerprint density at radius 1 is 1.11 bits per heavy atom. The molecule has 0 fully saturated rings. The van der Waals surface area contributed by atoms with Gasteiger partial charge in [0.25, 0.3) is 0 Å². The van der Waals surface area contributed by atoms with Gasteiger partial charge in [-0.25, -0.2) is 4.79 Å². The number of rotatable bonds is 6. The van der Waals surface area contributed by atoms with E-state index < -0.39 is 0 Å². The number of fused-ring (bicyclic) bond motifs is 1. The fourth-order valence-corrected chi connectivity index (χ4v) is 3.03. The molecule has 3 aromatic rings. The van der Waals surface area contributed by atoms with Crippen molar-refractivity contribution < 1.29 is 9.15 Å². The third-order valence-electron chi connectivity index (χ3n) is 4.61. The van der Waals surface area contributed by atoms with E-state index in [0.29, 0.717) is 23.4 Å². The predicted octanol–water partition coefficient (Wildman–Crippen LogP) is 4.08. The second kappa shape index (κ2) is 8.07. The van der Waals surface area contributed by atoms with Crippen LogP contribution in [0.2, 0.25) is 0 Å². The van der Waals surface area contributed by atoms with Gasteiger partial charge in [-0.2, -0.15) is 5.26 Å². The van der Waals surface area contributed by atoms with Crippen molar-refractivity contribution in [2.75, 3.05) is 7.11 Å².